The fraction of sp³-hybridized carbons (Fsp3) is 0.133. The highest BCUT2D eigenvalue weighted by Gasteiger charge is 2.29. The van der Waals surface area contributed by atoms with Crippen LogP contribution in [0.3, 0.4) is 0 Å². The van der Waals surface area contributed by atoms with Crippen LogP contribution in [0, 0.1) is 0 Å². The Hall–Kier alpha value is -3.88. The summed E-state index contributed by atoms with van der Waals surface area (Å²) < 4.78 is 0. The third-order valence-electron chi connectivity index (χ3n) is 5.85. The summed E-state index contributed by atoms with van der Waals surface area (Å²) in [5.41, 5.74) is 1.68. The van der Waals surface area contributed by atoms with E-state index < -0.39 is 23.2 Å². The lowest BCUT2D eigenvalue weighted by Crippen LogP contribution is -2.46. The van der Waals surface area contributed by atoms with E-state index in [9.17, 15) is 24.3 Å². The van der Waals surface area contributed by atoms with Gasteiger partial charge in [-0.3, -0.25) is 14.4 Å². The zero-order valence-corrected chi connectivity index (χ0v) is 21.9. The average molecular weight is 544 g/mol. The van der Waals surface area contributed by atoms with Crippen LogP contribution in [-0.4, -0.2) is 44.3 Å². The lowest BCUT2D eigenvalue weighted by molar-refractivity contribution is -0.141. The molecule has 0 aliphatic carbocycles. The molecule has 2 atom stereocenters. The molecule has 0 heterocycles. The predicted molar refractivity (Wildman–Crippen MR) is 153 cm³/mol. The number of carbonyl (C=O) groups excluding carboxylic acids is 3. The van der Waals surface area contributed by atoms with E-state index in [-0.39, 0.29) is 22.4 Å². The highest BCUT2D eigenvalue weighted by Crippen LogP contribution is 2.25. The summed E-state index contributed by atoms with van der Waals surface area (Å²) in [6.07, 6.45) is 0.0720. The first-order valence-corrected chi connectivity index (χ1v) is 13.8. The maximum absolute atomic E-state index is 13.4. The minimum absolute atomic E-state index is 0.00338. The maximum Gasteiger partial charge on any atom is 0.326 e. The molecule has 0 aromatic heterocycles. The SMILES string of the molecule is O=C(SCC(SC(=O)c1ccccc1)C(=O)NC(Cc1cccc2ccccc12)C(=O)O)c1ccccc1. The van der Waals surface area contributed by atoms with Gasteiger partial charge >= 0.3 is 5.97 Å². The van der Waals surface area contributed by atoms with Crippen molar-refractivity contribution in [1.29, 1.82) is 0 Å². The molecule has 4 rings (SSSR count). The van der Waals surface area contributed by atoms with Crippen LogP contribution in [0.1, 0.15) is 26.3 Å². The van der Waals surface area contributed by atoms with Gasteiger partial charge in [-0.1, -0.05) is 127 Å². The number of carboxylic acid groups (broad SMARTS) is 1. The molecule has 0 saturated carbocycles. The molecule has 0 fully saturated rings. The van der Waals surface area contributed by atoms with Gasteiger partial charge in [0, 0.05) is 23.3 Å². The highest BCUT2D eigenvalue weighted by atomic mass is 32.2. The Labute approximate surface area is 228 Å². The van der Waals surface area contributed by atoms with Crippen LogP contribution in [0.5, 0.6) is 0 Å². The molecule has 192 valence electrons. The smallest absolute Gasteiger partial charge is 0.326 e. The summed E-state index contributed by atoms with van der Waals surface area (Å²) in [6, 6.07) is 29.2. The standard InChI is InChI=1S/C30H25NO5S2/c32-27(31-25(28(33)34)18-23-16-9-15-20-10-7-8-17-24(20)23)26(38-30(36)22-13-5-2-6-14-22)19-37-29(35)21-11-3-1-4-12-21/h1-17,25-26H,18-19H2,(H,31,32)(H,33,34). The lowest BCUT2D eigenvalue weighted by Gasteiger charge is -2.20. The van der Waals surface area contributed by atoms with E-state index in [2.05, 4.69) is 5.32 Å². The van der Waals surface area contributed by atoms with Crippen molar-refractivity contribution in [1.82, 2.24) is 5.32 Å². The van der Waals surface area contributed by atoms with Gasteiger partial charge in [-0.15, -0.1) is 0 Å². The van der Waals surface area contributed by atoms with Crippen LogP contribution in [0.15, 0.2) is 103 Å². The minimum Gasteiger partial charge on any atom is -0.480 e. The van der Waals surface area contributed by atoms with Crippen LogP contribution < -0.4 is 5.32 Å². The second-order valence-electron chi connectivity index (χ2n) is 8.47. The normalized spacial score (nSPS) is 12.4. The van der Waals surface area contributed by atoms with E-state index in [1.807, 2.05) is 42.5 Å². The fourth-order valence-electron chi connectivity index (χ4n) is 3.90. The number of hydrogen-bond acceptors (Lipinski definition) is 6. The fourth-order valence-corrected chi connectivity index (χ4v) is 5.84. The topological polar surface area (TPSA) is 101 Å². The first-order valence-electron chi connectivity index (χ1n) is 11.9. The van der Waals surface area contributed by atoms with Crippen molar-refractivity contribution >= 4 is 56.4 Å². The molecule has 0 bridgehead atoms. The molecule has 38 heavy (non-hydrogen) atoms. The van der Waals surface area contributed by atoms with Crippen LogP contribution >= 0.6 is 23.5 Å². The van der Waals surface area contributed by atoms with Crippen molar-refractivity contribution in [2.24, 2.45) is 0 Å². The Balaban J connectivity index is 1.52. The number of carboxylic acids is 1. The van der Waals surface area contributed by atoms with Crippen LogP contribution in [-0.2, 0) is 16.0 Å². The molecule has 6 nitrogen and oxygen atoms in total. The molecule has 4 aromatic rings. The highest BCUT2D eigenvalue weighted by molar-refractivity contribution is 8.18. The van der Waals surface area contributed by atoms with Gasteiger partial charge < -0.3 is 10.4 Å². The molecule has 0 aliphatic rings. The van der Waals surface area contributed by atoms with E-state index in [1.165, 1.54) is 0 Å². The molecule has 0 radical (unpaired) electrons. The molecule has 0 saturated heterocycles. The molecule has 2 unspecified atom stereocenters. The number of fused-ring (bicyclic) bond motifs is 1. The molecule has 4 aromatic carbocycles. The molecular formula is C30H25NO5S2. The second kappa shape index (κ2) is 13.1. The van der Waals surface area contributed by atoms with Gasteiger partial charge in [0.15, 0.2) is 0 Å². The first-order chi connectivity index (χ1) is 18.4. The van der Waals surface area contributed by atoms with Crippen molar-refractivity contribution in [3.8, 4) is 0 Å². The van der Waals surface area contributed by atoms with Crippen molar-refractivity contribution < 1.29 is 24.3 Å². The summed E-state index contributed by atoms with van der Waals surface area (Å²) in [5.74, 6) is -1.79. The van der Waals surface area contributed by atoms with Gasteiger partial charge in [0.1, 0.15) is 11.3 Å². The lowest BCUT2D eigenvalue weighted by atomic mass is 9.98. The molecule has 8 heteroatoms. The summed E-state index contributed by atoms with van der Waals surface area (Å²) in [4.78, 5) is 51.1. The molecule has 0 aliphatic heterocycles. The third kappa shape index (κ3) is 7.12. The van der Waals surface area contributed by atoms with Crippen molar-refractivity contribution in [2.45, 2.75) is 17.7 Å². The van der Waals surface area contributed by atoms with E-state index in [0.29, 0.717) is 11.1 Å². The molecule has 2 N–H and O–H groups in total. The molecule has 0 spiro atoms. The average Bonchev–Trinajstić information content (AvgIpc) is 2.95. The zero-order valence-electron chi connectivity index (χ0n) is 20.3. The van der Waals surface area contributed by atoms with Gasteiger partial charge in [0.05, 0.1) is 0 Å². The summed E-state index contributed by atoms with van der Waals surface area (Å²) >= 11 is 1.71. The number of amides is 1. The second-order valence-corrected chi connectivity index (χ2v) is 10.6. The quantitative estimate of drug-likeness (QED) is 0.274. The zero-order chi connectivity index (χ0) is 26.9. The van der Waals surface area contributed by atoms with Gasteiger partial charge in [0.25, 0.3) is 0 Å². The largest absolute Gasteiger partial charge is 0.480 e. The number of hydrogen-bond donors (Lipinski definition) is 2. The minimum atomic E-state index is -1.21. The van der Waals surface area contributed by atoms with Crippen molar-refractivity contribution in [2.75, 3.05) is 5.75 Å². The monoisotopic (exact) mass is 543 g/mol. The number of aliphatic carboxylic acids is 1. The Bertz CT molecular complexity index is 1440. The van der Waals surface area contributed by atoms with Gasteiger partial charge in [-0.2, -0.15) is 0 Å². The summed E-state index contributed by atoms with van der Waals surface area (Å²) in [5, 5.41) is 12.9. The number of thioether (sulfide) groups is 2. The van der Waals surface area contributed by atoms with Crippen molar-refractivity contribution in [3.63, 3.8) is 0 Å². The molecule has 1 amide bonds. The number of carbonyl (C=O) groups is 4. The van der Waals surface area contributed by atoms with Crippen molar-refractivity contribution in [3.05, 3.63) is 120 Å². The Kier molecular flexibility index (Phi) is 9.35. The van der Waals surface area contributed by atoms with Gasteiger partial charge in [0.2, 0.25) is 16.1 Å². The van der Waals surface area contributed by atoms with E-state index in [1.54, 1.807) is 60.7 Å². The number of rotatable bonds is 10. The van der Waals surface area contributed by atoms with E-state index >= 15 is 0 Å². The third-order valence-corrected chi connectivity index (χ3v) is 8.17. The summed E-state index contributed by atoms with van der Waals surface area (Å²) in [6.45, 7) is 0. The molecular weight excluding hydrogens is 518 g/mol. The first kappa shape index (κ1) is 27.2. The van der Waals surface area contributed by atoms with E-state index in [0.717, 1.165) is 39.9 Å². The predicted octanol–water partition coefficient (Wildman–Crippen LogP) is 5.47. The Morgan fingerprint density at radius 3 is 1.95 bits per heavy atom. The number of benzene rings is 4. The maximum atomic E-state index is 13.4. The summed E-state index contributed by atoms with van der Waals surface area (Å²) in [7, 11) is 0. The van der Waals surface area contributed by atoms with Gasteiger partial charge in [-0.05, 0) is 16.3 Å². The van der Waals surface area contributed by atoms with Crippen LogP contribution in [0.2, 0.25) is 0 Å². The Morgan fingerprint density at radius 1 is 0.711 bits per heavy atom. The number of nitrogens with one attached hydrogen (secondary N) is 1. The van der Waals surface area contributed by atoms with Gasteiger partial charge in [-0.25, -0.2) is 4.79 Å². The van der Waals surface area contributed by atoms with Crippen LogP contribution in [0.4, 0.5) is 0 Å². The Morgan fingerprint density at radius 2 is 1.29 bits per heavy atom. The van der Waals surface area contributed by atoms with E-state index in [4.69, 9.17) is 0 Å². The van der Waals surface area contributed by atoms with Crippen LogP contribution in [0.25, 0.3) is 10.8 Å².